The zero-order valence-corrected chi connectivity index (χ0v) is 5.19. The Morgan fingerprint density at radius 2 is 2.50 bits per heavy atom. The van der Waals surface area contributed by atoms with Crippen LogP contribution in [0.25, 0.3) is 0 Å². The number of azo groups is 1. The normalized spacial score (nSPS) is 15.4. The molecule has 0 unspecified atom stereocenters. The Kier molecular flexibility index (Phi) is 0.943. The van der Waals surface area contributed by atoms with Gasteiger partial charge in [0.05, 0.1) is 0 Å². The lowest BCUT2D eigenvalue weighted by Gasteiger charge is -2.04. The van der Waals surface area contributed by atoms with E-state index < -0.39 is 0 Å². The fourth-order valence-corrected chi connectivity index (χ4v) is 0.947. The molecule has 0 N–H and O–H groups in total. The molecule has 0 aromatic carbocycles. The van der Waals surface area contributed by atoms with Gasteiger partial charge in [-0.2, -0.15) is 5.11 Å². The SMILES string of the molecule is O=C1N=NCn2cccc21. The molecule has 0 fully saturated rings. The molecule has 4 nitrogen and oxygen atoms in total. The molecule has 1 aromatic heterocycles. The van der Waals surface area contributed by atoms with Crippen LogP contribution in [0.1, 0.15) is 10.5 Å². The Bertz CT molecular complexity index is 300. The first-order valence-corrected chi connectivity index (χ1v) is 2.95. The molecule has 0 aliphatic carbocycles. The highest BCUT2D eigenvalue weighted by molar-refractivity contribution is 5.93. The van der Waals surface area contributed by atoms with Crippen molar-refractivity contribution >= 4 is 5.91 Å². The average molecular weight is 135 g/mol. The molecule has 1 aromatic rings. The maximum Gasteiger partial charge on any atom is 0.311 e. The predicted molar refractivity (Wildman–Crippen MR) is 33.6 cm³/mol. The first-order valence-electron chi connectivity index (χ1n) is 2.95. The Morgan fingerprint density at radius 1 is 1.60 bits per heavy atom. The summed E-state index contributed by atoms with van der Waals surface area (Å²) in [6.45, 7) is 0.466. The summed E-state index contributed by atoms with van der Waals surface area (Å²) in [4.78, 5) is 10.9. The molecule has 0 spiro atoms. The van der Waals surface area contributed by atoms with E-state index in [9.17, 15) is 4.79 Å². The van der Waals surface area contributed by atoms with Gasteiger partial charge in [0.25, 0.3) is 0 Å². The van der Waals surface area contributed by atoms with Crippen LogP contribution in [0.15, 0.2) is 28.6 Å². The van der Waals surface area contributed by atoms with Crippen molar-refractivity contribution in [3.63, 3.8) is 0 Å². The van der Waals surface area contributed by atoms with Crippen molar-refractivity contribution in [2.45, 2.75) is 6.67 Å². The smallest absolute Gasteiger partial charge is 0.311 e. The van der Waals surface area contributed by atoms with Gasteiger partial charge in [0.1, 0.15) is 12.4 Å². The minimum atomic E-state index is -0.253. The Balaban J connectivity index is 2.58. The number of amides is 1. The molecule has 0 bridgehead atoms. The summed E-state index contributed by atoms with van der Waals surface area (Å²) in [7, 11) is 0. The summed E-state index contributed by atoms with van der Waals surface area (Å²) < 4.78 is 1.76. The lowest BCUT2D eigenvalue weighted by Crippen LogP contribution is -2.09. The minimum Gasteiger partial charge on any atom is -0.321 e. The third-order valence-electron chi connectivity index (χ3n) is 1.43. The van der Waals surface area contributed by atoms with Gasteiger partial charge in [-0.1, -0.05) is 0 Å². The Morgan fingerprint density at radius 3 is 3.30 bits per heavy atom. The molecule has 0 radical (unpaired) electrons. The number of hydrogen-bond acceptors (Lipinski definition) is 2. The molecule has 50 valence electrons. The van der Waals surface area contributed by atoms with Gasteiger partial charge in [-0.05, 0) is 12.1 Å². The lowest BCUT2D eigenvalue weighted by atomic mass is 10.4. The molecule has 0 saturated carbocycles. The van der Waals surface area contributed by atoms with Gasteiger partial charge in [-0.15, -0.1) is 5.11 Å². The van der Waals surface area contributed by atoms with Crippen molar-refractivity contribution in [2.24, 2.45) is 10.2 Å². The number of aromatic nitrogens is 1. The number of rotatable bonds is 0. The van der Waals surface area contributed by atoms with Gasteiger partial charge in [0.15, 0.2) is 0 Å². The summed E-state index contributed by atoms with van der Waals surface area (Å²) in [6.07, 6.45) is 1.81. The fraction of sp³-hybridized carbons (Fsp3) is 0.167. The van der Waals surface area contributed by atoms with Crippen LogP contribution in [-0.2, 0) is 6.67 Å². The Labute approximate surface area is 57.2 Å². The molecule has 2 rings (SSSR count). The molecule has 1 amide bonds. The van der Waals surface area contributed by atoms with Gasteiger partial charge in [0, 0.05) is 6.20 Å². The highest BCUT2D eigenvalue weighted by Gasteiger charge is 2.12. The van der Waals surface area contributed by atoms with E-state index in [1.807, 2.05) is 12.3 Å². The number of carbonyl (C=O) groups is 1. The second kappa shape index (κ2) is 1.76. The van der Waals surface area contributed by atoms with Crippen LogP contribution < -0.4 is 0 Å². The molecule has 1 aliphatic heterocycles. The molecule has 4 heteroatoms. The monoisotopic (exact) mass is 135 g/mol. The van der Waals surface area contributed by atoms with E-state index in [-0.39, 0.29) is 5.91 Å². The van der Waals surface area contributed by atoms with Crippen molar-refractivity contribution in [3.05, 3.63) is 24.0 Å². The number of hydrogen-bond donors (Lipinski definition) is 0. The zero-order valence-electron chi connectivity index (χ0n) is 5.19. The molecule has 0 saturated heterocycles. The topological polar surface area (TPSA) is 46.7 Å². The van der Waals surface area contributed by atoms with E-state index in [1.54, 1.807) is 10.6 Å². The standard InChI is InChI=1S/C6H5N3O/c10-6-5-2-1-3-9(5)4-7-8-6/h1-3H,4H2. The summed E-state index contributed by atoms with van der Waals surface area (Å²) >= 11 is 0. The summed E-state index contributed by atoms with van der Waals surface area (Å²) in [6, 6.07) is 3.55. The quantitative estimate of drug-likeness (QED) is 0.524. The molecule has 10 heavy (non-hydrogen) atoms. The number of carbonyl (C=O) groups excluding carboxylic acids is 1. The second-order valence-electron chi connectivity index (χ2n) is 2.05. The molecule has 0 atom stereocenters. The van der Waals surface area contributed by atoms with E-state index >= 15 is 0 Å². The van der Waals surface area contributed by atoms with Crippen LogP contribution in [0.5, 0.6) is 0 Å². The van der Waals surface area contributed by atoms with Crippen LogP contribution in [0.4, 0.5) is 0 Å². The van der Waals surface area contributed by atoms with Crippen molar-refractivity contribution < 1.29 is 4.79 Å². The summed E-state index contributed by atoms with van der Waals surface area (Å²) in [5, 5.41) is 7.02. The van der Waals surface area contributed by atoms with E-state index in [0.29, 0.717) is 12.4 Å². The van der Waals surface area contributed by atoms with E-state index in [2.05, 4.69) is 10.2 Å². The third-order valence-corrected chi connectivity index (χ3v) is 1.43. The molecule has 1 aliphatic rings. The third kappa shape index (κ3) is 0.586. The van der Waals surface area contributed by atoms with Crippen LogP contribution >= 0.6 is 0 Å². The van der Waals surface area contributed by atoms with E-state index in [4.69, 9.17) is 0 Å². The van der Waals surface area contributed by atoms with Gasteiger partial charge >= 0.3 is 5.91 Å². The highest BCUT2D eigenvalue weighted by atomic mass is 16.2. The molecule has 2 heterocycles. The van der Waals surface area contributed by atoms with Crippen LogP contribution in [0, 0.1) is 0 Å². The summed E-state index contributed by atoms with van der Waals surface area (Å²) in [5.74, 6) is -0.253. The van der Waals surface area contributed by atoms with Gasteiger partial charge in [-0.3, -0.25) is 4.79 Å². The largest absolute Gasteiger partial charge is 0.321 e. The summed E-state index contributed by atoms with van der Waals surface area (Å²) in [5.41, 5.74) is 0.620. The first kappa shape index (κ1) is 5.34. The van der Waals surface area contributed by atoms with E-state index in [0.717, 1.165) is 0 Å². The van der Waals surface area contributed by atoms with Gasteiger partial charge in [0.2, 0.25) is 0 Å². The molecular weight excluding hydrogens is 130 g/mol. The lowest BCUT2D eigenvalue weighted by molar-refractivity contribution is 0.0974. The second-order valence-corrected chi connectivity index (χ2v) is 2.05. The maximum atomic E-state index is 10.9. The average Bonchev–Trinajstić information content (AvgIpc) is 2.36. The zero-order chi connectivity index (χ0) is 6.97. The maximum absolute atomic E-state index is 10.9. The van der Waals surface area contributed by atoms with E-state index in [1.165, 1.54) is 0 Å². The van der Waals surface area contributed by atoms with Crippen LogP contribution in [-0.4, -0.2) is 10.5 Å². The number of fused-ring (bicyclic) bond motifs is 1. The van der Waals surface area contributed by atoms with Crippen molar-refractivity contribution in [2.75, 3.05) is 0 Å². The highest BCUT2D eigenvalue weighted by Crippen LogP contribution is 2.08. The van der Waals surface area contributed by atoms with Crippen molar-refractivity contribution in [1.82, 2.24) is 4.57 Å². The Hall–Kier alpha value is -1.45. The first-order chi connectivity index (χ1) is 4.88. The minimum absolute atomic E-state index is 0.253. The number of nitrogens with zero attached hydrogens (tertiary/aromatic N) is 3. The predicted octanol–water partition coefficient (Wildman–Crippen LogP) is 1.05. The van der Waals surface area contributed by atoms with Gasteiger partial charge < -0.3 is 4.57 Å². The van der Waals surface area contributed by atoms with Crippen molar-refractivity contribution in [1.29, 1.82) is 0 Å². The molecular formula is C6H5N3O. The van der Waals surface area contributed by atoms with Crippen LogP contribution in [0.3, 0.4) is 0 Å². The fourth-order valence-electron chi connectivity index (χ4n) is 0.947. The van der Waals surface area contributed by atoms with Crippen LogP contribution in [0.2, 0.25) is 0 Å². The van der Waals surface area contributed by atoms with Gasteiger partial charge in [-0.25, -0.2) is 0 Å². The van der Waals surface area contributed by atoms with Crippen molar-refractivity contribution in [3.8, 4) is 0 Å².